The molecule has 0 aromatic rings. The summed E-state index contributed by atoms with van der Waals surface area (Å²) in [5.41, 5.74) is 0. The zero-order valence-corrected chi connectivity index (χ0v) is 9.03. The topological polar surface area (TPSA) is 43.4 Å². The van der Waals surface area contributed by atoms with Crippen LogP contribution in [0.2, 0.25) is 0 Å². The van der Waals surface area contributed by atoms with Crippen LogP contribution in [-0.4, -0.2) is 19.4 Å². The Morgan fingerprint density at radius 2 is 2.14 bits per heavy atom. The number of rotatable bonds is 3. The van der Waals surface area contributed by atoms with E-state index < -0.39 is 0 Å². The molecule has 0 heterocycles. The molecule has 14 heavy (non-hydrogen) atoms. The lowest BCUT2D eigenvalue weighted by Gasteiger charge is -2.22. The Hall–Kier alpha value is -0.860. The maximum absolute atomic E-state index is 11.5. The smallest absolute Gasteiger partial charge is 0.309 e. The van der Waals surface area contributed by atoms with Crippen molar-refractivity contribution in [1.82, 2.24) is 0 Å². The molecule has 0 aromatic carbocycles. The largest absolute Gasteiger partial charge is 0.469 e. The summed E-state index contributed by atoms with van der Waals surface area (Å²) in [6.07, 6.45) is 2.92. The van der Waals surface area contributed by atoms with Crippen LogP contribution in [-0.2, 0) is 14.3 Å². The highest BCUT2D eigenvalue weighted by Crippen LogP contribution is 2.41. The molecule has 80 valence electrons. The van der Waals surface area contributed by atoms with Crippen LogP contribution in [0.3, 0.4) is 0 Å². The number of hydrogen-bond donors (Lipinski definition) is 0. The van der Waals surface area contributed by atoms with Crippen molar-refractivity contribution in [2.45, 2.75) is 26.7 Å². The Kier molecular flexibility index (Phi) is 3.67. The molecule has 0 bridgehead atoms. The molecule has 0 aromatic heterocycles. The van der Waals surface area contributed by atoms with Crippen LogP contribution in [0, 0.1) is 23.7 Å². The molecule has 1 aliphatic rings. The molecule has 1 rings (SSSR count). The average Bonchev–Trinajstić information content (AvgIpc) is 2.58. The van der Waals surface area contributed by atoms with E-state index in [-0.39, 0.29) is 23.7 Å². The molecule has 4 atom stereocenters. The number of carbonyl (C=O) groups excluding carboxylic acids is 2. The van der Waals surface area contributed by atoms with Gasteiger partial charge >= 0.3 is 5.97 Å². The molecule has 0 saturated heterocycles. The minimum atomic E-state index is -0.159. The van der Waals surface area contributed by atoms with Crippen molar-refractivity contribution in [3.63, 3.8) is 0 Å². The minimum Gasteiger partial charge on any atom is -0.469 e. The number of carbonyl (C=O) groups is 2. The van der Waals surface area contributed by atoms with E-state index in [2.05, 4.69) is 6.92 Å². The molecule has 0 amide bonds. The minimum absolute atomic E-state index is 0.0379. The summed E-state index contributed by atoms with van der Waals surface area (Å²) >= 11 is 0. The van der Waals surface area contributed by atoms with E-state index in [1.807, 2.05) is 6.92 Å². The van der Waals surface area contributed by atoms with Gasteiger partial charge in [0.2, 0.25) is 0 Å². The standard InChI is InChI=1S/C11H18O3/c1-7-4-5-9(8(2)6-12)10(7)11(13)14-3/h6-10H,4-5H2,1-3H3. The predicted molar refractivity (Wildman–Crippen MR) is 52.6 cm³/mol. The molecule has 1 aliphatic carbocycles. The number of methoxy groups -OCH3 is 1. The quantitative estimate of drug-likeness (QED) is 0.511. The second-order valence-corrected chi connectivity index (χ2v) is 4.26. The van der Waals surface area contributed by atoms with Crippen molar-refractivity contribution in [3.05, 3.63) is 0 Å². The molecule has 0 aliphatic heterocycles. The first-order valence-corrected chi connectivity index (χ1v) is 5.15. The molecule has 3 heteroatoms. The zero-order chi connectivity index (χ0) is 10.7. The van der Waals surface area contributed by atoms with Gasteiger partial charge in [0.25, 0.3) is 0 Å². The third-order valence-corrected chi connectivity index (χ3v) is 3.39. The van der Waals surface area contributed by atoms with E-state index in [0.29, 0.717) is 5.92 Å². The first-order valence-electron chi connectivity index (χ1n) is 5.15. The Balaban J connectivity index is 2.76. The third kappa shape index (κ3) is 1.97. The van der Waals surface area contributed by atoms with Gasteiger partial charge in [0.15, 0.2) is 0 Å². The second kappa shape index (κ2) is 4.58. The Morgan fingerprint density at radius 3 is 2.64 bits per heavy atom. The van der Waals surface area contributed by atoms with E-state index >= 15 is 0 Å². The van der Waals surface area contributed by atoms with Crippen LogP contribution >= 0.6 is 0 Å². The van der Waals surface area contributed by atoms with E-state index in [9.17, 15) is 9.59 Å². The zero-order valence-electron chi connectivity index (χ0n) is 9.03. The number of esters is 1. The maximum Gasteiger partial charge on any atom is 0.309 e. The monoisotopic (exact) mass is 198 g/mol. The van der Waals surface area contributed by atoms with Crippen molar-refractivity contribution in [2.24, 2.45) is 23.7 Å². The lowest BCUT2D eigenvalue weighted by Crippen LogP contribution is -2.29. The van der Waals surface area contributed by atoms with Gasteiger partial charge < -0.3 is 9.53 Å². The number of ether oxygens (including phenoxy) is 1. The highest BCUT2D eigenvalue weighted by atomic mass is 16.5. The SMILES string of the molecule is COC(=O)C1C(C)CCC1C(C)C=O. The fourth-order valence-corrected chi connectivity index (χ4v) is 2.47. The normalized spacial score (nSPS) is 33.8. The van der Waals surface area contributed by atoms with Gasteiger partial charge in [0.05, 0.1) is 13.0 Å². The maximum atomic E-state index is 11.5. The lowest BCUT2D eigenvalue weighted by atomic mass is 9.83. The highest BCUT2D eigenvalue weighted by Gasteiger charge is 2.41. The van der Waals surface area contributed by atoms with Gasteiger partial charge in [-0.2, -0.15) is 0 Å². The average molecular weight is 198 g/mol. The molecule has 0 radical (unpaired) electrons. The molecular formula is C11H18O3. The fraction of sp³-hybridized carbons (Fsp3) is 0.818. The van der Waals surface area contributed by atoms with Gasteiger partial charge in [0, 0.05) is 5.92 Å². The summed E-state index contributed by atoms with van der Waals surface area (Å²) in [5.74, 6) is 0.239. The van der Waals surface area contributed by atoms with Crippen LogP contribution in [0.4, 0.5) is 0 Å². The fourth-order valence-electron chi connectivity index (χ4n) is 2.47. The number of hydrogen-bond acceptors (Lipinski definition) is 3. The van der Waals surface area contributed by atoms with E-state index in [1.54, 1.807) is 0 Å². The van der Waals surface area contributed by atoms with Crippen LogP contribution in [0.15, 0.2) is 0 Å². The van der Waals surface area contributed by atoms with Crippen molar-refractivity contribution < 1.29 is 14.3 Å². The van der Waals surface area contributed by atoms with Gasteiger partial charge in [-0.15, -0.1) is 0 Å². The Bertz CT molecular complexity index is 225. The van der Waals surface area contributed by atoms with Gasteiger partial charge in [-0.1, -0.05) is 13.8 Å². The van der Waals surface area contributed by atoms with Gasteiger partial charge in [0.1, 0.15) is 6.29 Å². The molecule has 1 fully saturated rings. The summed E-state index contributed by atoms with van der Waals surface area (Å²) in [6.45, 7) is 3.94. The third-order valence-electron chi connectivity index (χ3n) is 3.39. The number of aldehydes is 1. The Labute approximate surface area is 84.8 Å². The van der Waals surface area contributed by atoms with E-state index in [0.717, 1.165) is 19.1 Å². The van der Waals surface area contributed by atoms with Crippen LogP contribution in [0.1, 0.15) is 26.7 Å². The first-order chi connectivity index (χ1) is 6.61. The molecule has 1 saturated carbocycles. The van der Waals surface area contributed by atoms with Crippen LogP contribution < -0.4 is 0 Å². The predicted octanol–water partition coefficient (Wildman–Crippen LogP) is 1.66. The van der Waals surface area contributed by atoms with Gasteiger partial charge in [-0.3, -0.25) is 4.79 Å². The van der Waals surface area contributed by atoms with Crippen molar-refractivity contribution >= 4 is 12.3 Å². The molecule has 4 unspecified atom stereocenters. The Morgan fingerprint density at radius 1 is 1.50 bits per heavy atom. The van der Waals surface area contributed by atoms with Crippen LogP contribution in [0.25, 0.3) is 0 Å². The highest BCUT2D eigenvalue weighted by molar-refractivity contribution is 5.74. The molecule has 0 N–H and O–H groups in total. The summed E-state index contributed by atoms with van der Waals surface area (Å²) in [4.78, 5) is 22.2. The van der Waals surface area contributed by atoms with Crippen molar-refractivity contribution in [1.29, 1.82) is 0 Å². The summed E-state index contributed by atoms with van der Waals surface area (Å²) < 4.78 is 4.77. The molecule has 3 nitrogen and oxygen atoms in total. The second-order valence-electron chi connectivity index (χ2n) is 4.26. The van der Waals surface area contributed by atoms with E-state index in [1.165, 1.54) is 7.11 Å². The van der Waals surface area contributed by atoms with E-state index in [4.69, 9.17) is 4.74 Å². The summed E-state index contributed by atoms with van der Waals surface area (Å²) in [6, 6.07) is 0. The van der Waals surface area contributed by atoms with Crippen molar-refractivity contribution in [3.8, 4) is 0 Å². The van der Waals surface area contributed by atoms with Crippen molar-refractivity contribution in [2.75, 3.05) is 7.11 Å². The summed E-state index contributed by atoms with van der Waals surface area (Å²) in [7, 11) is 1.41. The van der Waals surface area contributed by atoms with Gasteiger partial charge in [-0.25, -0.2) is 0 Å². The summed E-state index contributed by atoms with van der Waals surface area (Å²) in [5, 5.41) is 0. The molecule has 0 spiro atoms. The van der Waals surface area contributed by atoms with Crippen LogP contribution in [0.5, 0.6) is 0 Å². The van der Waals surface area contributed by atoms with Gasteiger partial charge in [-0.05, 0) is 24.7 Å². The first kappa shape index (κ1) is 11.2. The lowest BCUT2D eigenvalue weighted by molar-refractivity contribution is -0.148. The molecular weight excluding hydrogens is 180 g/mol.